The average molecular weight is 392 g/mol. The van der Waals surface area contributed by atoms with Crippen molar-refractivity contribution in [2.45, 2.75) is 45.3 Å². The number of nitrogens with zero attached hydrogens (tertiary/aromatic N) is 2. The van der Waals surface area contributed by atoms with Crippen molar-refractivity contribution in [2.75, 3.05) is 13.1 Å². The monoisotopic (exact) mass is 392 g/mol. The highest BCUT2D eigenvalue weighted by atomic mass is 16.6. The van der Waals surface area contributed by atoms with Crippen molar-refractivity contribution in [1.82, 2.24) is 9.47 Å². The smallest absolute Gasteiger partial charge is 0.419 e. The third-order valence-corrected chi connectivity index (χ3v) is 5.39. The van der Waals surface area contributed by atoms with E-state index in [4.69, 9.17) is 4.74 Å². The molecule has 1 N–H and O–H groups in total. The van der Waals surface area contributed by atoms with E-state index < -0.39 is 5.60 Å². The van der Waals surface area contributed by atoms with Gasteiger partial charge in [0.05, 0.1) is 5.52 Å². The fourth-order valence-electron chi connectivity index (χ4n) is 4.11. The Labute approximate surface area is 171 Å². The molecule has 0 aliphatic carbocycles. The number of hydrogen-bond acceptors (Lipinski definition) is 4. The predicted octanol–water partition coefficient (Wildman–Crippen LogP) is 5.12. The van der Waals surface area contributed by atoms with Crippen LogP contribution in [0.25, 0.3) is 10.9 Å². The summed E-state index contributed by atoms with van der Waals surface area (Å²) in [6.07, 6.45) is 2.63. The molecule has 1 aliphatic heterocycles. The van der Waals surface area contributed by atoms with Gasteiger partial charge in [-0.25, -0.2) is 4.79 Å². The van der Waals surface area contributed by atoms with Crippen LogP contribution >= 0.6 is 0 Å². The molecule has 5 heteroatoms. The lowest BCUT2D eigenvalue weighted by atomic mass is 9.98. The largest absolute Gasteiger partial charge is 0.508 e. The quantitative estimate of drug-likeness (QED) is 0.672. The van der Waals surface area contributed by atoms with E-state index in [1.54, 1.807) is 10.6 Å². The highest BCUT2D eigenvalue weighted by Gasteiger charge is 2.26. The highest BCUT2D eigenvalue weighted by Crippen LogP contribution is 2.31. The molecule has 0 spiro atoms. The Kier molecular flexibility index (Phi) is 5.09. The third kappa shape index (κ3) is 4.30. The number of carbonyl (C=O) groups excluding carboxylic acids is 1. The number of rotatable bonds is 3. The third-order valence-electron chi connectivity index (χ3n) is 5.39. The predicted molar refractivity (Wildman–Crippen MR) is 114 cm³/mol. The van der Waals surface area contributed by atoms with Gasteiger partial charge in [-0.15, -0.1) is 0 Å². The summed E-state index contributed by atoms with van der Waals surface area (Å²) >= 11 is 0. The zero-order valence-electron chi connectivity index (χ0n) is 17.3. The minimum absolute atomic E-state index is 0.321. The number of ether oxygens (including phenoxy) is 1. The van der Waals surface area contributed by atoms with Crippen molar-refractivity contribution in [3.63, 3.8) is 0 Å². The van der Waals surface area contributed by atoms with Gasteiger partial charge in [0, 0.05) is 24.7 Å². The van der Waals surface area contributed by atoms with Crippen LogP contribution in [-0.2, 0) is 11.3 Å². The number of phenolic OH excluding ortho intramolecular Hbond substituents is 1. The molecule has 0 saturated carbocycles. The molecule has 1 aromatic heterocycles. The summed E-state index contributed by atoms with van der Waals surface area (Å²) in [4.78, 5) is 15.1. The summed E-state index contributed by atoms with van der Waals surface area (Å²) in [6, 6.07) is 15.5. The Morgan fingerprint density at radius 1 is 1.17 bits per heavy atom. The van der Waals surface area contributed by atoms with E-state index in [1.165, 1.54) is 5.56 Å². The molecule has 0 amide bonds. The van der Waals surface area contributed by atoms with E-state index in [-0.39, 0.29) is 6.09 Å². The second-order valence-electron chi connectivity index (χ2n) is 8.84. The summed E-state index contributed by atoms with van der Waals surface area (Å²) in [5.74, 6) is 0.739. The van der Waals surface area contributed by atoms with Crippen LogP contribution in [-0.4, -0.2) is 39.4 Å². The maximum Gasteiger partial charge on any atom is 0.419 e. The van der Waals surface area contributed by atoms with Crippen molar-refractivity contribution in [1.29, 1.82) is 0 Å². The summed E-state index contributed by atoms with van der Waals surface area (Å²) in [6.45, 7) is 8.35. The number of aromatic nitrogens is 1. The molecule has 1 atom stereocenters. The zero-order chi connectivity index (χ0) is 20.6. The Morgan fingerprint density at radius 2 is 1.97 bits per heavy atom. The van der Waals surface area contributed by atoms with Gasteiger partial charge < -0.3 is 9.84 Å². The first kappa shape index (κ1) is 19.5. The van der Waals surface area contributed by atoms with E-state index in [0.717, 1.165) is 42.5 Å². The van der Waals surface area contributed by atoms with E-state index in [9.17, 15) is 9.90 Å². The second-order valence-corrected chi connectivity index (χ2v) is 8.84. The van der Waals surface area contributed by atoms with Gasteiger partial charge in [-0.3, -0.25) is 9.47 Å². The molecule has 3 aromatic rings. The highest BCUT2D eigenvalue weighted by molar-refractivity contribution is 5.92. The molecule has 0 bridgehead atoms. The summed E-state index contributed by atoms with van der Waals surface area (Å²) in [5.41, 5.74) is 2.65. The number of benzene rings is 2. The molecule has 1 fully saturated rings. The summed E-state index contributed by atoms with van der Waals surface area (Å²) in [5, 5.41) is 10.9. The van der Waals surface area contributed by atoms with E-state index in [0.29, 0.717) is 11.7 Å². The molecular formula is C24H28N2O3. The molecule has 5 nitrogen and oxygen atoms in total. The molecule has 1 aliphatic rings. The van der Waals surface area contributed by atoms with Crippen molar-refractivity contribution in [3.05, 3.63) is 65.9 Å². The van der Waals surface area contributed by atoms with Crippen LogP contribution in [0.1, 0.15) is 44.2 Å². The van der Waals surface area contributed by atoms with Crippen LogP contribution in [0.2, 0.25) is 0 Å². The number of phenols is 1. The SMILES string of the molecule is CC(C)(C)OC(=O)n1cc(CN2CCC(c3cccc(O)c3)C2)c2ccccc21. The number of para-hydroxylation sites is 1. The van der Waals surface area contributed by atoms with E-state index in [2.05, 4.69) is 17.0 Å². The summed E-state index contributed by atoms with van der Waals surface area (Å²) < 4.78 is 7.21. The number of likely N-dealkylation sites (tertiary alicyclic amines) is 1. The lowest BCUT2D eigenvalue weighted by molar-refractivity contribution is 0.0544. The fraction of sp³-hybridized carbons (Fsp3) is 0.375. The second kappa shape index (κ2) is 7.56. The lowest BCUT2D eigenvalue weighted by Gasteiger charge is -2.19. The van der Waals surface area contributed by atoms with Gasteiger partial charge in [-0.05, 0) is 69.0 Å². The molecule has 2 aromatic carbocycles. The lowest BCUT2D eigenvalue weighted by Crippen LogP contribution is -2.26. The minimum atomic E-state index is -0.536. The first-order chi connectivity index (χ1) is 13.8. The van der Waals surface area contributed by atoms with Crippen molar-refractivity contribution in [3.8, 4) is 5.75 Å². The molecule has 0 radical (unpaired) electrons. The van der Waals surface area contributed by atoms with E-state index >= 15 is 0 Å². The van der Waals surface area contributed by atoms with Gasteiger partial charge in [0.2, 0.25) is 0 Å². The molecule has 2 heterocycles. The Morgan fingerprint density at radius 3 is 2.72 bits per heavy atom. The average Bonchev–Trinajstić information content (AvgIpc) is 3.26. The van der Waals surface area contributed by atoms with Crippen LogP contribution in [0, 0.1) is 0 Å². The van der Waals surface area contributed by atoms with Crippen LogP contribution < -0.4 is 0 Å². The molecule has 4 rings (SSSR count). The molecule has 1 saturated heterocycles. The Hall–Kier alpha value is -2.79. The van der Waals surface area contributed by atoms with Gasteiger partial charge in [0.1, 0.15) is 11.4 Å². The van der Waals surface area contributed by atoms with E-state index in [1.807, 2.05) is 57.3 Å². The maximum absolute atomic E-state index is 12.7. The van der Waals surface area contributed by atoms with Crippen LogP contribution in [0.4, 0.5) is 4.79 Å². The minimum Gasteiger partial charge on any atom is -0.508 e. The maximum atomic E-state index is 12.7. The number of carbonyl (C=O) groups is 1. The molecule has 29 heavy (non-hydrogen) atoms. The Bertz CT molecular complexity index is 1030. The molecular weight excluding hydrogens is 364 g/mol. The van der Waals surface area contributed by atoms with Gasteiger partial charge in [0.25, 0.3) is 0 Å². The van der Waals surface area contributed by atoms with Crippen LogP contribution in [0.5, 0.6) is 5.75 Å². The van der Waals surface area contributed by atoms with Gasteiger partial charge >= 0.3 is 6.09 Å². The number of fused-ring (bicyclic) bond motifs is 1. The van der Waals surface area contributed by atoms with Gasteiger partial charge in [-0.1, -0.05) is 30.3 Å². The fourth-order valence-corrected chi connectivity index (χ4v) is 4.11. The van der Waals surface area contributed by atoms with Gasteiger partial charge in [-0.2, -0.15) is 0 Å². The summed E-state index contributed by atoms with van der Waals surface area (Å²) in [7, 11) is 0. The normalized spacial score (nSPS) is 17.7. The Balaban J connectivity index is 1.55. The topological polar surface area (TPSA) is 54.7 Å². The first-order valence-electron chi connectivity index (χ1n) is 10.1. The number of aromatic hydroxyl groups is 1. The van der Waals surface area contributed by atoms with Crippen molar-refractivity contribution >= 4 is 17.0 Å². The van der Waals surface area contributed by atoms with Crippen LogP contribution in [0.3, 0.4) is 0 Å². The van der Waals surface area contributed by atoms with Crippen molar-refractivity contribution in [2.24, 2.45) is 0 Å². The van der Waals surface area contributed by atoms with Gasteiger partial charge in [0.15, 0.2) is 0 Å². The molecule has 152 valence electrons. The molecule has 1 unspecified atom stereocenters. The van der Waals surface area contributed by atoms with Crippen LogP contribution in [0.15, 0.2) is 54.7 Å². The number of hydrogen-bond donors (Lipinski definition) is 1. The van der Waals surface area contributed by atoms with Crippen molar-refractivity contribution < 1.29 is 14.6 Å². The zero-order valence-corrected chi connectivity index (χ0v) is 17.3. The standard InChI is InChI=1S/C24H28N2O3/c1-24(2,3)29-23(28)26-16-19(21-9-4-5-10-22(21)26)15-25-12-11-18(14-25)17-7-6-8-20(27)13-17/h4-10,13,16,18,27H,11-12,14-15H2,1-3H3. The first-order valence-corrected chi connectivity index (χ1v) is 10.1.